The van der Waals surface area contributed by atoms with Crippen molar-refractivity contribution in [3.05, 3.63) is 34.9 Å². The number of rotatable bonds is 4. The maximum Gasteiger partial charge on any atom is 0.312 e. The van der Waals surface area contributed by atoms with Gasteiger partial charge < -0.3 is 14.5 Å². The number of benzene rings is 1. The van der Waals surface area contributed by atoms with E-state index in [1.165, 1.54) is 0 Å². The molecule has 0 spiro atoms. The second kappa shape index (κ2) is 7.32. The lowest BCUT2D eigenvalue weighted by atomic mass is 10.0. The van der Waals surface area contributed by atoms with E-state index in [0.29, 0.717) is 43.7 Å². The van der Waals surface area contributed by atoms with Crippen LogP contribution < -0.4 is 0 Å². The smallest absolute Gasteiger partial charge is 0.312 e. The van der Waals surface area contributed by atoms with Crippen molar-refractivity contribution in [1.29, 1.82) is 0 Å². The highest BCUT2D eigenvalue weighted by atomic mass is 35.5. The van der Waals surface area contributed by atoms with Crippen LogP contribution >= 0.6 is 11.6 Å². The molecular weight excluding hydrogens is 316 g/mol. The van der Waals surface area contributed by atoms with Gasteiger partial charge in [0.15, 0.2) is 0 Å². The monoisotopic (exact) mass is 336 g/mol. The van der Waals surface area contributed by atoms with Gasteiger partial charge in [-0.25, -0.2) is 0 Å². The van der Waals surface area contributed by atoms with E-state index in [1.807, 2.05) is 12.1 Å². The first-order valence-electron chi connectivity index (χ1n) is 8.04. The SMILES string of the molecule is O=C1C(=O)N(CC2CCCOC2)CCN1Cc1ccc(Cl)cc1. The standard InChI is InChI=1S/C17H21ClN2O3/c18-15-5-3-13(4-6-15)10-19-7-8-20(17(22)16(19)21)11-14-2-1-9-23-12-14/h3-6,14H,1-2,7-12H2. The number of hydrogen-bond acceptors (Lipinski definition) is 3. The lowest BCUT2D eigenvalue weighted by Crippen LogP contribution is -2.55. The van der Waals surface area contributed by atoms with Crippen molar-refractivity contribution >= 4 is 23.4 Å². The minimum Gasteiger partial charge on any atom is -0.381 e. The largest absolute Gasteiger partial charge is 0.381 e. The van der Waals surface area contributed by atoms with Gasteiger partial charge in [-0.1, -0.05) is 23.7 Å². The number of carbonyl (C=O) groups excluding carboxylic acids is 2. The Balaban J connectivity index is 1.57. The second-order valence-electron chi connectivity index (χ2n) is 6.19. The van der Waals surface area contributed by atoms with E-state index in [4.69, 9.17) is 16.3 Å². The van der Waals surface area contributed by atoms with Crippen molar-refractivity contribution in [3.8, 4) is 0 Å². The average molecular weight is 337 g/mol. The second-order valence-corrected chi connectivity index (χ2v) is 6.62. The van der Waals surface area contributed by atoms with Gasteiger partial charge in [-0.15, -0.1) is 0 Å². The van der Waals surface area contributed by atoms with E-state index >= 15 is 0 Å². The third-order valence-electron chi connectivity index (χ3n) is 4.42. The maximum atomic E-state index is 12.3. The molecule has 2 heterocycles. The highest BCUT2D eigenvalue weighted by Gasteiger charge is 2.33. The highest BCUT2D eigenvalue weighted by Crippen LogP contribution is 2.18. The van der Waals surface area contributed by atoms with Gasteiger partial charge in [0, 0.05) is 37.8 Å². The third kappa shape index (κ3) is 4.03. The first-order chi connectivity index (χ1) is 11.1. The zero-order chi connectivity index (χ0) is 16.2. The number of amides is 2. The van der Waals surface area contributed by atoms with Crippen molar-refractivity contribution in [1.82, 2.24) is 9.80 Å². The zero-order valence-corrected chi connectivity index (χ0v) is 13.8. The molecule has 6 heteroatoms. The summed E-state index contributed by atoms with van der Waals surface area (Å²) in [6.07, 6.45) is 2.09. The zero-order valence-electron chi connectivity index (χ0n) is 13.0. The van der Waals surface area contributed by atoms with Gasteiger partial charge in [0.05, 0.1) is 6.61 Å². The summed E-state index contributed by atoms with van der Waals surface area (Å²) in [6, 6.07) is 7.35. The number of nitrogens with zero attached hydrogens (tertiary/aromatic N) is 2. The highest BCUT2D eigenvalue weighted by molar-refractivity contribution is 6.35. The maximum absolute atomic E-state index is 12.3. The van der Waals surface area contributed by atoms with E-state index < -0.39 is 11.8 Å². The molecule has 2 aliphatic heterocycles. The molecule has 1 unspecified atom stereocenters. The Labute approximate surface area is 141 Å². The van der Waals surface area contributed by atoms with Crippen LogP contribution in [0.3, 0.4) is 0 Å². The summed E-state index contributed by atoms with van der Waals surface area (Å²) in [6.45, 7) is 3.72. The summed E-state index contributed by atoms with van der Waals surface area (Å²) in [5.41, 5.74) is 0.977. The Bertz CT molecular complexity index is 570. The van der Waals surface area contributed by atoms with Crippen LogP contribution in [0.1, 0.15) is 18.4 Å². The molecule has 2 amide bonds. The van der Waals surface area contributed by atoms with E-state index in [0.717, 1.165) is 25.0 Å². The molecule has 0 radical (unpaired) electrons. The van der Waals surface area contributed by atoms with Crippen molar-refractivity contribution < 1.29 is 14.3 Å². The topological polar surface area (TPSA) is 49.9 Å². The normalized spacial score (nSPS) is 22.6. The number of halogens is 1. The fourth-order valence-electron chi connectivity index (χ4n) is 3.11. The van der Waals surface area contributed by atoms with Crippen LogP contribution in [-0.4, -0.2) is 54.5 Å². The molecule has 23 heavy (non-hydrogen) atoms. The summed E-state index contributed by atoms with van der Waals surface area (Å²) in [5, 5.41) is 0.663. The van der Waals surface area contributed by atoms with Gasteiger partial charge in [0.2, 0.25) is 0 Å². The first-order valence-corrected chi connectivity index (χ1v) is 8.41. The number of ether oxygens (including phenoxy) is 1. The molecule has 1 aromatic carbocycles. The van der Waals surface area contributed by atoms with Crippen molar-refractivity contribution in [2.24, 2.45) is 5.92 Å². The van der Waals surface area contributed by atoms with Crippen molar-refractivity contribution in [2.45, 2.75) is 19.4 Å². The number of hydrogen-bond donors (Lipinski definition) is 0. The first kappa shape index (κ1) is 16.3. The van der Waals surface area contributed by atoms with Gasteiger partial charge >= 0.3 is 11.8 Å². The van der Waals surface area contributed by atoms with Gasteiger partial charge in [-0.2, -0.15) is 0 Å². The van der Waals surface area contributed by atoms with Crippen LogP contribution in [0.15, 0.2) is 24.3 Å². The lowest BCUT2D eigenvalue weighted by Gasteiger charge is -2.36. The molecule has 124 valence electrons. The molecule has 0 aliphatic carbocycles. The molecule has 1 atom stereocenters. The quantitative estimate of drug-likeness (QED) is 0.789. The Morgan fingerprint density at radius 2 is 1.78 bits per heavy atom. The van der Waals surface area contributed by atoms with Crippen molar-refractivity contribution in [2.75, 3.05) is 32.8 Å². The lowest BCUT2D eigenvalue weighted by molar-refractivity contribution is -0.157. The molecule has 2 saturated heterocycles. The van der Waals surface area contributed by atoms with E-state index in [9.17, 15) is 9.59 Å². The molecule has 3 rings (SSSR count). The number of carbonyl (C=O) groups is 2. The average Bonchev–Trinajstić information content (AvgIpc) is 2.57. The Kier molecular flexibility index (Phi) is 5.18. The summed E-state index contributed by atoms with van der Waals surface area (Å²) < 4.78 is 5.45. The third-order valence-corrected chi connectivity index (χ3v) is 4.67. The fraction of sp³-hybridized carbons (Fsp3) is 0.529. The van der Waals surface area contributed by atoms with Crippen LogP contribution in [-0.2, 0) is 20.9 Å². The molecule has 2 aliphatic rings. The summed E-state index contributed by atoms with van der Waals surface area (Å²) in [5.74, 6) is -0.456. The Hall–Kier alpha value is -1.59. The van der Waals surface area contributed by atoms with Gasteiger partial charge in [0.25, 0.3) is 0 Å². The van der Waals surface area contributed by atoms with Crippen LogP contribution in [0.2, 0.25) is 5.02 Å². The predicted octanol–water partition coefficient (Wildman–Crippen LogP) is 1.94. The molecule has 0 aromatic heterocycles. The number of piperazine rings is 1. The molecule has 0 saturated carbocycles. The minimum atomic E-state index is -0.414. The molecule has 0 bridgehead atoms. The summed E-state index contributed by atoms with van der Waals surface area (Å²) in [7, 11) is 0. The van der Waals surface area contributed by atoms with Crippen LogP contribution in [0, 0.1) is 5.92 Å². The fourth-order valence-corrected chi connectivity index (χ4v) is 3.24. The predicted molar refractivity (Wildman–Crippen MR) is 87.0 cm³/mol. The molecule has 0 N–H and O–H groups in total. The van der Waals surface area contributed by atoms with Crippen LogP contribution in [0.25, 0.3) is 0 Å². The van der Waals surface area contributed by atoms with Gasteiger partial charge in [-0.05, 0) is 36.5 Å². The Morgan fingerprint density at radius 3 is 2.48 bits per heavy atom. The van der Waals surface area contributed by atoms with Gasteiger partial charge in [-0.3, -0.25) is 9.59 Å². The van der Waals surface area contributed by atoms with Crippen LogP contribution in [0.4, 0.5) is 0 Å². The Morgan fingerprint density at radius 1 is 1.09 bits per heavy atom. The molecular formula is C17H21ClN2O3. The van der Waals surface area contributed by atoms with E-state index in [1.54, 1.807) is 21.9 Å². The van der Waals surface area contributed by atoms with E-state index in [-0.39, 0.29) is 0 Å². The van der Waals surface area contributed by atoms with Crippen LogP contribution in [0.5, 0.6) is 0 Å². The molecule has 2 fully saturated rings. The summed E-state index contributed by atoms with van der Waals surface area (Å²) >= 11 is 5.87. The van der Waals surface area contributed by atoms with Gasteiger partial charge in [0.1, 0.15) is 0 Å². The minimum absolute atomic E-state index is 0.350. The van der Waals surface area contributed by atoms with E-state index in [2.05, 4.69) is 0 Å². The molecule has 5 nitrogen and oxygen atoms in total. The van der Waals surface area contributed by atoms with Crippen molar-refractivity contribution in [3.63, 3.8) is 0 Å². The molecule has 1 aromatic rings. The summed E-state index contributed by atoms with van der Waals surface area (Å²) in [4.78, 5) is 27.9.